The molecule has 0 saturated heterocycles. The third-order valence-corrected chi connectivity index (χ3v) is 3.49. The lowest BCUT2D eigenvalue weighted by Gasteiger charge is -2.10. The van der Waals surface area contributed by atoms with Crippen molar-refractivity contribution in [1.29, 1.82) is 0 Å². The summed E-state index contributed by atoms with van der Waals surface area (Å²) in [5, 5.41) is 6.36. The number of hydrogen-bond acceptors (Lipinski definition) is 2. The van der Waals surface area contributed by atoms with Gasteiger partial charge in [0.25, 0.3) is 0 Å². The fourth-order valence-electron chi connectivity index (χ4n) is 1.30. The van der Waals surface area contributed by atoms with E-state index in [1.54, 1.807) is 11.3 Å². The fourth-order valence-corrected chi connectivity index (χ4v) is 2.45. The van der Waals surface area contributed by atoms with Gasteiger partial charge in [0.1, 0.15) is 0 Å². The maximum atomic E-state index is 5.99. The molecule has 1 nitrogen and oxygen atoms in total. The molecule has 0 saturated carbocycles. The second kappa shape index (κ2) is 5.63. The van der Waals surface area contributed by atoms with Crippen LogP contribution in [0.15, 0.2) is 11.4 Å². The van der Waals surface area contributed by atoms with Crippen LogP contribution < -0.4 is 5.32 Å². The molecule has 1 aromatic rings. The quantitative estimate of drug-likeness (QED) is 0.798. The lowest BCUT2D eigenvalue weighted by atomic mass is 10.1. The molecule has 0 fully saturated rings. The highest BCUT2D eigenvalue weighted by Gasteiger charge is 2.04. The summed E-state index contributed by atoms with van der Waals surface area (Å²) in [6, 6.07) is 2.56. The molecule has 1 rings (SSSR count). The van der Waals surface area contributed by atoms with E-state index in [4.69, 9.17) is 11.6 Å². The molecule has 0 spiro atoms. The first kappa shape index (κ1) is 11.0. The molecule has 0 amide bonds. The largest absolute Gasteiger partial charge is 0.315 e. The molecule has 0 radical (unpaired) electrons. The Balaban J connectivity index is 2.30. The van der Waals surface area contributed by atoms with Gasteiger partial charge in [-0.2, -0.15) is 0 Å². The summed E-state index contributed by atoms with van der Waals surface area (Å²) < 4.78 is 0. The predicted molar refractivity (Wildman–Crippen MR) is 60.8 cm³/mol. The van der Waals surface area contributed by atoms with Crippen LogP contribution in [0.25, 0.3) is 0 Å². The Labute approximate surface area is 89.1 Å². The molecule has 1 aromatic heterocycles. The van der Waals surface area contributed by atoms with Gasteiger partial charge in [-0.25, -0.2) is 0 Å². The summed E-state index contributed by atoms with van der Waals surface area (Å²) in [6.07, 6.45) is 2.25. The Morgan fingerprint density at radius 1 is 1.62 bits per heavy atom. The summed E-state index contributed by atoms with van der Waals surface area (Å²) in [5.74, 6) is 0. The van der Waals surface area contributed by atoms with E-state index in [1.807, 2.05) is 6.07 Å². The second-order valence-electron chi connectivity index (χ2n) is 3.19. The Hall–Kier alpha value is -0.0500. The van der Waals surface area contributed by atoms with Crippen LogP contribution in [0.4, 0.5) is 0 Å². The van der Waals surface area contributed by atoms with Gasteiger partial charge in [0, 0.05) is 10.9 Å². The summed E-state index contributed by atoms with van der Waals surface area (Å²) >= 11 is 7.74. The van der Waals surface area contributed by atoms with E-state index >= 15 is 0 Å². The van der Waals surface area contributed by atoms with Crippen molar-refractivity contribution in [3.8, 4) is 0 Å². The van der Waals surface area contributed by atoms with Gasteiger partial charge in [-0.15, -0.1) is 11.3 Å². The van der Waals surface area contributed by atoms with Gasteiger partial charge in [-0.05, 0) is 37.8 Å². The first-order valence-electron chi connectivity index (χ1n) is 4.69. The SMILES string of the molecule is CCNC(C)CCc1sccc1Cl. The van der Waals surface area contributed by atoms with Crippen molar-refractivity contribution in [2.75, 3.05) is 6.54 Å². The number of nitrogens with one attached hydrogen (secondary N) is 1. The van der Waals surface area contributed by atoms with Crippen LogP contribution in [0, 0.1) is 0 Å². The first-order valence-corrected chi connectivity index (χ1v) is 5.95. The first-order chi connectivity index (χ1) is 6.24. The van der Waals surface area contributed by atoms with E-state index in [0.29, 0.717) is 6.04 Å². The molecular weight excluding hydrogens is 202 g/mol. The summed E-state index contributed by atoms with van der Waals surface area (Å²) in [7, 11) is 0. The van der Waals surface area contributed by atoms with Crippen LogP contribution >= 0.6 is 22.9 Å². The summed E-state index contributed by atoms with van der Waals surface area (Å²) in [4.78, 5) is 1.31. The number of hydrogen-bond donors (Lipinski definition) is 1. The molecule has 0 aliphatic carbocycles. The molecule has 1 N–H and O–H groups in total. The van der Waals surface area contributed by atoms with E-state index in [0.717, 1.165) is 24.4 Å². The summed E-state index contributed by atoms with van der Waals surface area (Å²) in [6.45, 7) is 5.39. The third-order valence-electron chi connectivity index (χ3n) is 2.05. The number of halogens is 1. The molecule has 0 aromatic carbocycles. The van der Waals surface area contributed by atoms with Gasteiger partial charge in [-0.3, -0.25) is 0 Å². The lowest BCUT2D eigenvalue weighted by molar-refractivity contribution is 0.532. The number of rotatable bonds is 5. The zero-order chi connectivity index (χ0) is 9.68. The van der Waals surface area contributed by atoms with Crippen molar-refractivity contribution in [2.24, 2.45) is 0 Å². The smallest absolute Gasteiger partial charge is 0.0544 e. The van der Waals surface area contributed by atoms with Gasteiger partial charge in [0.05, 0.1) is 5.02 Å². The zero-order valence-corrected chi connectivity index (χ0v) is 9.71. The van der Waals surface area contributed by atoms with Crippen LogP contribution in [0.5, 0.6) is 0 Å². The minimum Gasteiger partial charge on any atom is -0.315 e. The van der Waals surface area contributed by atoms with Gasteiger partial charge >= 0.3 is 0 Å². The maximum Gasteiger partial charge on any atom is 0.0544 e. The second-order valence-corrected chi connectivity index (χ2v) is 4.60. The van der Waals surface area contributed by atoms with Crippen LogP contribution in [-0.4, -0.2) is 12.6 Å². The van der Waals surface area contributed by atoms with Gasteiger partial charge in [-0.1, -0.05) is 18.5 Å². The van der Waals surface area contributed by atoms with Gasteiger partial charge in [0.15, 0.2) is 0 Å². The highest BCUT2D eigenvalue weighted by molar-refractivity contribution is 7.10. The van der Waals surface area contributed by atoms with E-state index in [9.17, 15) is 0 Å². The van der Waals surface area contributed by atoms with E-state index in [1.165, 1.54) is 4.88 Å². The molecule has 1 atom stereocenters. The predicted octanol–water partition coefficient (Wildman–Crippen LogP) is 3.33. The van der Waals surface area contributed by atoms with Gasteiger partial charge < -0.3 is 5.32 Å². The van der Waals surface area contributed by atoms with Crippen LogP contribution in [0.1, 0.15) is 25.1 Å². The van der Waals surface area contributed by atoms with Crippen molar-refractivity contribution in [3.63, 3.8) is 0 Å². The van der Waals surface area contributed by atoms with Crippen LogP contribution in [-0.2, 0) is 6.42 Å². The molecule has 1 unspecified atom stereocenters. The van der Waals surface area contributed by atoms with Crippen LogP contribution in [0.3, 0.4) is 0 Å². The fraction of sp³-hybridized carbons (Fsp3) is 0.600. The van der Waals surface area contributed by atoms with Crippen molar-refractivity contribution in [2.45, 2.75) is 32.7 Å². The lowest BCUT2D eigenvalue weighted by Crippen LogP contribution is -2.25. The molecular formula is C10H16ClNS. The maximum absolute atomic E-state index is 5.99. The van der Waals surface area contributed by atoms with E-state index < -0.39 is 0 Å². The zero-order valence-electron chi connectivity index (χ0n) is 8.14. The molecule has 0 aliphatic rings. The van der Waals surface area contributed by atoms with Crippen molar-refractivity contribution in [3.05, 3.63) is 21.3 Å². The Morgan fingerprint density at radius 3 is 2.92 bits per heavy atom. The molecule has 3 heteroatoms. The van der Waals surface area contributed by atoms with Crippen molar-refractivity contribution >= 4 is 22.9 Å². The Bertz CT molecular complexity index is 247. The van der Waals surface area contributed by atoms with Crippen molar-refractivity contribution in [1.82, 2.24) is 5.32 Å². The van der Waals surface area contributed by atoms with Crippen molar-refractivity contribution < 1.29 is 0 Å². The minimum atomic E-state index is 0.586. The average molecular weight is 218 g/mol. The van der Waals surface area contributed by atoms with E-state index in [-0.39, 0.29) is 0 Å². The normalized spacial score (nSPS) is 13.2. The molecule has 74 valence electrons. The summed E-state index contributed by atoms with van der Waals surface area (Å²) in [5.41, 5.74) is 0. The monoisotopic (exact) mass is 217 g/mol. The van der Waals surface area contributed by atoms with Crippen LogP contribution in [0.2, 0.25) is 5.02 Å². The van der Waals surface area contributed by atoms with E-state index in [2.05, 4.69) is 24.5 Å². The standard InChI is InChI=1S/C10H16ClNS/c1-3-12-8(2)4-5-10-9(11)6-7-13-10/h6-8,12H,3-5H2,1-2H3. The molecule has 0 aliphatic heterocycles. The Kier molecular flexibility index (Phi) is 4.78. The number of aryl methyl sites for hydroxylation is 1. The molecule has 13 heavy (non-hydrogen) atoms. The minimum absolute atomic E-state index is 0.586. The average Bonchev–Trinajstić information content (AvgIpc) is 2.48. The number of thiophene rings is 1. The highest BCUT2D eigenvalue weighted by atomic mass is 35.5. The molecule has 0 bridgehead atoms. The van der Waals surface area contributed by atoms with Gasteiger partial charge in [0.2, 0.25) is 0 Å². The Morgan fingerprint density at radius 2 is 2.38 bits per heavy atom. The topological polar surface area (TPSA) is 12.0 Å². The third kappa shape index (κ3) is 3.67. The highest BCUT2D eigenvalue weighted by Crippen LogP contribution is 2.23. The molecule has 1 heterocycles.